The van der Waals surface area contributed by atoms with Gasteiger partial charge < -0.3 is 16.4 Å². The van der Waals surface area contributed by atoms with E-state index in [-0.39, 0.29) is 5.92 Å². The molecule has 7 heteroatoms. The predicted octanol–water partition coefficient (Wildman–Crippen LogP) is -0.211. The summed E-state index contributed by atoms with van der Waals surface area (Å²) in [7, 11) is 1.64. The standard InChI is InChI=1S/C12H22ClN3O3/c1-7(2)5-8(15-4)10(18)16-12(3,11(14)19)9(17)6-13/h7-8,15H,5-6H2,1-4H3,(H2,14,19)(H,16,18)/t8-,12?/m0/s1. The van der Waals surface area contributed by atoms with Crippen LogP contribution in [0.2, 0.25) is 0 Å². The van der Waals surface area contributed by atoms with Crippen LogP contribution in [0.4, 0.5) is 0 Å². The molecule has 0 rings (SSSR count). The number of carbonyl (C=O) groups excluding carboxylic acids is 3. The molecule has 6 nitrogen and oxygen atoms in total. The molecule has 2 atom stereocenters. The molecule has 0 aliphatic rings. The topological polar surface area (TPSA) is 101 Å². The van der Waals surface area contributed by atoms with Crippen molar-refractivity contribution < 1.29 is 14.4 Å². The molecule has 0 saturated carbocycles. The van der Waals surface area contributed by atoms with E-state index >= 15 is 0 Å². The fraction of sp³-hybridized carbons (Fsp3) is 0.750. The van der Waals surface area contributed by atoms with Gasteiger partial charge in [0.1, 0.15) is 0 Å². The Morgan fingerprint density at radius 2 is 1.84 bits per heavy atom. The van der Waals surface area contributed by atoms with Crippen LogP contribution in [-0.4, -0.2) is 42.1 Å². The highest BCUT2D eigenvalue weighted by Gasteiger charge is 2.41. The highest BCUT2D eigenvalue weighted by molar-refractivity contribution is 6.32. The number of nitrogens with one attached hydrogen (secondary N) is 2. The summed E-state index contributed by atoms with van der Waals surface area (Å²) in [6.07, 6.45) is 0.576. The Morgan fingerprint density at radius 1 is 1.32 bits per heavy atom. The third-order valence-electron chi connectivity index (χ3n) is 2.92. The van der Waals surface area contributed by atoms with Crippen LogP contribution in [0.15, 0.2) is 0 Å². The van der Waals surface area contributed by atoms with Crippen molar-refractivity contribution in [1.29, 1.82) is 0 Å². The van der Waals surface area contributed by atoms with Crippen molar-refractivity contribution in [2.24, 2.45) is 11.7 Å². The molecule has 4 N–H and O–H groups in total. The lowest BCUT2D eigenvalue weighted by Crippen LogP contribution is -2.63. The number of ketones is 1. The van der Waals surface area contributed by atoms with Gasteiger partial charge in [-0.2, -0.15) is 0 Å². The Labute approximate surface area is 118 Å². The van der Waals surface area contributed by atoms with Gasteiger partial charge in [-0.25, -0.2) is 0 Å². The maximum Gasteiger partial charge on any atom is 0.250 e. The van der Waals surface area contributed by atoms with Crippen LogP contribution in [0.1, 0.15) is 27.2 Å². The molecule has 110 valence electrons. The van der Waals surface area contributed by atoms with Crippen molar-refractivity contribution in [1.82, 2.24) is 10.6 Å². The lowest BCUT2D eigenvalue weighted by Gasteiger charge is -2.28. The Kier molecular flexibility index (Phi) is 7.00. The number of nitrogens with two attached hydrogens (primary N) is 1. The fourth-order valence-electron chi connectivity index (χ4n) is 1.56. The number of amides is 2. The summed E-state index contributed by atoms with van der Waals surface area (Å²) in [5, 5.41) is 5.23. The molecule has 0 aliphatic heterocycles. The SMILES string of the molecule is CN[C@@H](CC(C)C)C(=O)NC(C)(C(N)=O)C(=O)CCl. The molecule has 19 heavy (non-hydrogen) atoms. The van der Waals surface area contributed by atoms with Crippen molar-refractivity contribution in [3.63, 3.8) is 0 Å². The van der Waals surface area contributed by atoms with Crippen LogP contribution in [0.5, 0.6) is 0 Å². The zero-order chi connectivity index (χ0) is 15.2. The van der Waals surface area contributed by atoms with Crippen LogP contribution < -0.4 is 16.4 Å². The normalized spacial score (nSPS) is 15.7. The zero-order valence-electron chi connectivity index (χ0n) is 11.7. The summed E-state index contributed by atoms with van der Waals surface area (Å²) in [6.45, 7) is 5.20. The highest BCUT2D eigenvalue weighted by atomic mass is 35.5. The first-order valence-electron chi connectivity index (χ1n) is 6.07. The third kappa shape index (κ3) is 4.80. The molecule has 2 amide bonds. The number of primary amides is 1. The van der Waals surface area contributed by atoms with Crippen molar-refractivity contribution in [2.45, 2.75) is 38.8 Å². The largest absolute Gasteiger partial charge is 0.367 e. The number of hydrogen-bond acceptors (Lipinski definition) is 4. The Balaban J connectivity index is 5.00. The second-order valence-corrected chi connectivity index (χ2v) is 5.27. The van der Waals surface area contributed by atoms with Gasteiger partial charge in [-0.15, -0.1) is 11.6 Å². The monoisotopic (exact) mass is 291 g/mol. The van der Waals surface area contributed by atoms with Gasteiger partial charge in [-0.1, -0.05) is 13.8 Å². The predicted molar refractivity (Wildman–Crippen MR) is 73.8 cm³/mol. The van der Waals surface area contributed by atoms with E-state index in [1.54, 1.807) is 7.05 Å². The second kappa shape index (κ2) is 7.45. The van der Waals surface area contributed by atoms with Gasteiger partial charge in [0.05, 0.1) is 11.9 Å². The lowest BCUT2D eigenvalue weighted by atomic mass is 9.94. The van der Waals surface area contributed by atoms with Gasteiger partial charge in [0, 0.05) is 0 Å². The fourth-order valence-corrected chi connectivity index (χ4v) is 1.83. The molecular formula is C12H22ClN3O3. The number of carbonyl (C=O) groups is 3. The van der Waals surface area contributed by atoms with Gasteiger partial charge in [0.15, 0.2) is 11.3 Å². The van der Waals surface area contributed by atoms with E-state index in [0.717, 1.165) is 0 Å². The van der Waals surface area contributed by atoms with Crippen molar-refractivity contribution >= 4 is 29.2 Å². The molecule has 0 fully saturated rings. The Bertz CT molecular complexity index is 360. The number of alkyl halides is 1. The molecular weight excluding hydrogens is 270 g/mol. The van der Waals surface area contributed by atoms with Gasteiger partial charge in [0.2, 0.25) is 5.91 Å². The minimum atomic E-state index is -1.77. The summed E-state index contributed by atoms with van der Waals surface area (Å²) >= 11 is 5.44. The molecule has 0 heterocycles. The summed E-state index contributed by atoms with van der Waals surface area (Å²) in [5.41, 5.74) is 3.41. The first kappa shape index (κ1) is 17.9. The first-order chi connectivity index (χ1) is 8.68. The Hall–Kier alpha value is -1.14. The quantitative estimate of drug-likeness (QED) is 0.425. The van der Waals surface area contributed by atoms with Crippen molar-refractivity contribution in [3.05, 3.63) is 0 Å². The van der Waals surface area contributed by atoms with E-state index in [9.17, 15) is 14.4 Å². The molecule has 1 unspecified atom stereocenters. The van der Waals surface area contributed by atoms with E-state index in [2.05, 4.69) is 10.6 Å². The van der Waals surface area contributed by atoms with Gasteiger partial charge >= 0.3 is 0 Å². The minimum absolute atomic E-state index is 0.284. The average molecular weight is 292 g/mol. The third-order valence-corrected chi connectivity index (χ3v) is 3.16. The van der Waals surface area contributed by atoms with Gasteiger partial charge in [-0.05, 0) is 26.3 Å². The molecule has 0 saturated heterocycles. The molecule has 0 aromatic rings. The number of Topliss-reactive ketones (excluding diaryl/α,β-unsaturated/α-hetero) is 1. The molecule has 0 aliphatic carbocycles. The van der Waals surface area contributed by atoms with Gasteiger partial charge in [-0.3, -0.25) is 14.4 Å². The highest BCUT2D eigenvalue weighted by Crippen LogP contribution is 2.10. The maximum atomic E-state index is 12.1. The van der Waals surface area contributed by atoms with Crippen molar-refractivity contribution in [3.8, 4) is 0 Å². The molecule has 0 aromatic carbocycles. The number of likely N-dealkylation sites (N-methyl/N-ethyl adjacent to an activating group) is 1. The smallest absolute Gasteiger partial charge is 0.250 e. The van der Waals surface area contributed by atoms with E-state index < -0.39 is 35.1 Å². The molecule has 0 radical (unpaired) electrons. The summed E-state index contributed by atoms with van der Waals surface area (Å²) in [4.78, 5) is 35.1. The van der Waals surface area contributed by atoms with Crippen molar-refractivity contribution in [2.75, 3.05) is 12.9 Å². The zero-order valence-corrected chi connectivity index (χ0v) is 12.5. The minimum Gasteiger partial charge on any atom is -0.367 e. The number of hydrogen-bond donors (Lipinski definition) is 3. The molecule has 0 aromatic heterocycles. The van der Waals surface area contributed by atoms with Gasteiger partial charge in [0.25, 0.3) is 5.91 Å². The molecule has 0 spiro atoms. The number of rotatable bonds is 8. The van der Waals surface area contributed by atoms with Crippen LogP contribution in [0.3, 0.4) is 0 Å². The maximum absolute atomic E-state index is 12.1. The summed E-state index contributed by atoms with van der Waals surface area (Å²) in [5.74, 6) is -2.11. The van der Waals surface area contributed by atoms with Crippen LogP contribution in [0, 0.1) is 5.92 Å². The number of halogens is 1. The average Bonchev–Trinajstić information content (AvgIpc) is 2.33. The second-order valence-electron chi connectivity index (χ2n) is 5.01. The molecule has 0 bridgehead atoms. The summed E-state index contributed by atoms with van der Waals surface area (Å²) in [6, 6.07) is -0.498. The van der Waals surface area contributed by atoms with E-state index in [0.29, 0.717) is 6.42 Å². The van der Waals surface area contributed by atoms with Crippen LogP contribution in [-0.2, 0) is 14.4 Å². The van der Waals surface area contributed by atoms with Crippen LogP contribution in [0.25, 0.3) is 0 Å². The lowest BCUT2D eigenvalue weighted by molar-refractivity contribution is -0.139. The van der Waals surface area contributed by atoms with Crippen LogP contribution >= 0.6 is 11.6 Å². The van der Waals surface area contributed by atoms with E-state index in [1.807, 2.05) is 13.8 Å². The Morgan fingerprint density at radius 3 is 2.16 bits per heavy atom. The van der Waals surface area contributed by atoms with E-state index in [1.165, 1.54) is 6.92 Å². The summed E-state index contributed by atoms with van der Waals surface area (Å²) < 4.78 is 0. The van der Waals surface area contributed by atoms with E-state index in [4.69, 9.17) is 17.3 Å². The first-order valence-corrected chi connectivity index (χ1v) is 6.60.